The van der Waals surface area contributed by atoms with Gasteiger partial charge in [0.2, 0.25) is 0 Å². The maximum Gasteiger partial charge on any atom is -0.00957 e. The predicted octanol–water partition coefficient (Wildman–Crippen LogP) is 3.24. The Morgan fingerprint density at radius 2 is 1.80 bits per heavy atom. The SMILES string of the molecule is C=CCC=C=CCCC=C. The van der Waals surface area contributed by atoms with E-state index in [1.807, 2.05) is 24.3 Å². The van der Waals surface area contributed by atoms with Gasteiger partial charge < -0.3 is 0 Å². The zero-order valence-corrected chi connectivity index (χ0v) is 6.34. The Balaban J connectivity index is 3.33. The number of unbranched alkanes of at least 4 members (excludes halogenated alkanes) is 1. The van der Waals surface area contributed by atoms with Gasteiger partial charge in [-0.05, 0) is 31.4 Å². The van der Waals surface area contributed by atoms with Gasteiger partial charge in [-0.15, -0.1) is 18.9 Å². The van der Waals surface area contributed by atoms with Gasteiger partial charge in [0.15, 0.2) is 0 Å². The number of hydrogen-bond donors (Lipinski definition) is 0. The van der Waals surface area contributed by atoms with Gasteiger partial charge in [0.1, 0.15) is 0 Å². The van der Waals surface area contributed by atoms with Crippen LogP contribution in [0.5, 0.6) is 0 Å². The first-order valence-corrected chi connectivity index (χ1v) is 3.53. The lowest BCUT2D eigenvalue weighted by molar-refractivity contribution is 1.06. The second kappa shape index (κ2) is 8.00. The van der Waals surface area contributed by atoms with E-state index in [0.717, 1.165) is 19.3 Å². The van der Waals surface area contributed by atoms with Crippen LogP contribution in [0.2, 0.25) is 0 Å². The van der Waals surface area contributed by atoms with Crippen LogP contribution in [-0.4, -0.2) is 0 Å². The smallest absolute Gasteiger partial charge is 0.00957 e. The largest absolute Gasteiger partial charge is 0.129 e. The molecular formula is C10H14. The molecule has 0 heterocycles. The molecule has 10 heavy (non-hydrogen) atoms. The van der Waals surface area contributed by atoms with Crippen molar-refractivity contribution in [1.82, 2.24) is 0 Å². The van der Waals surface area contributed by atoms with Gasteiger partial charge in [-0.2, -0.15) is 0 Å². The van der Waals surface area contributed by atoms with E-state index in [2.05, 4.69) is 18.9 Å². The molecule has 54 valence electrons. The summed E-state index contributed by atoms with van der Waals surface area (Å²) in [4.78, 5) is 0. The Bertz CT molecular complexity index is 145. The van der Waals surface area contributed by atoms with Crippen molar-refractivity contribution in [3.05, 3.63) is 43.2 Å². The minimum atomic E-state index is 0.907. The molecule has 0 aliphatic rings. The minimum absolute atomic E-state index is 0.907. The number of allylic oxidation sites excluding steroid dienone is 3. The Labute approximate surface area is 63.3 Å². The topological polar surface area (TPSA) is 0 Å². The molecule has 0 heteroatoms. The molecule has 0 saturated heterocycles. The molecule has 0 aromatic carbocycles. The van der Waals surface area contributed by atoms with Gasteiger partial charge in [0, 0.05) is 0 Å². The highest BCUT2D eigenvalue weighted by Gasteiger charge is 1.70. The molecule has 0 N–H and O–H groups in total. The molecule has 0 aromatic heterocycles. The van der Waals surface area contributed by atoms with E-state index in [1.54, 1.807) is 0 Å². The summed E-state index contributed by atoms with van der Waals surface area (Å²) >= 11 is 0. The van der Waals surface area contributed by atoms with Crippen LogP contribution in [0, 0.1) is 0 Å². The molecule has 0 unspecified atom stereocenters. The van der Waals surface area contributed by atoms with Crippen molar-refractivity contribution in [2.75, 3.05) is 0 Å². The van der Waals surface area contributed by atoms with Crippen LogP contribution in [0.25, 0.3) is 0 Å². The molecule has 0 bridgehead atoms. The van der Waals surface area contributed by atoms with Crippen molar-refractivity contribution in [3.63, 3.8) is 0 Å². The maximum atomic E-state index is 3.62. The molecule has 0 fully saturated rings. The van der Waals surface area contributed by atoms with Crippen LogP contribution in [-0.2, 0) is 0 Å². The van der Waals surface area contributed by atoms with Crippen LogP contribution >= 0.6 is 0 Å². The molecule has 0 atom stereocenters. The van der Waals surface area contributed by atoms with Gasteiger partial charge in [-0.25, -0.2) is 0 Å². The van der Waals surface area contributed by atoms with Gasteiger partial charge in [0.05, 0.1) is 0 Å². The second-order valence-electron chi connectivity index (χ2n) is 1.97. The average Bonchev–Trinajstić information content (AvgIpc) is 1.97. The molecule has 0 spiro atoms. The monoisotopic (exact) mass is 134 g/mol. The van der Waals surface area contributed by atoms with Crippen molar-refractivity contribution in [3.8, 4) is 0 Å². The van der Waals surface area contributed by atoms with Crippen molar-refractivity contribution in [2.45, 2.75) is 19.3 Å². The summed E-state index contributed by atoms with van der Waals surface area (Å²) in [5.41, 5.74) is 3.05. The summed E-state index contributed by atoms with van der Waals surface area (Å²) in [6.07, 6.45) is 10.7. The lowest BCUT2D eigenvalue weighted by atomic mass is 10.3. The van der Waals surface area contributed by atoms with Crippen molar-refractivity contribution in [1.29, 1.82) is 0 Å². The van der Waals surface area contributed by atoms with Crippen molar-refractivity contribution >= 4 is 0 Å². The van der Waals surface area contributed by atoms with Crippen molar-refractivity contribution < 1.29 is 0 Å². The first kappa shape index (κ1) is 9.00. The fourth-order valence-corrected chi connectivity index (χ4v) is 0.519. The third kappa shape index (κ3) is 7.00. The summed E-state index contributed by atoms with van der Waals surface area (Å²) < 4.78 is 0. The normalized spacial score (nSPS) is 7.60. The molecule has 0 radical (unpaired) electrons. The fourth-order valence-electron chi connectivity index (χ4n) is 0.519. The quantitative estimate of drug-likeness (QED) is 0.307. The molecule has 0 rings (SSSR count). The van der Waals surface area contributed by atoms with E-state index in [4.69, 9.17) is 0 Å². The van der Waals surface area contributed by atoms with Crippen LogP contribution in [0.15, 0.2) is 43.2 Å². The zero-order valence-electron chi connectivity index (χ0n) is 6.34. The summed E-state index contributed by atoms with van der Waals surface area (Å²) in [6.45, 7) is 7.21. The van der Waals surface area contributed by atoms with Gasteiger partial charge >= 0.3 is 0 Å². The first-order chi connectivity index (χ1) is 4.91. The van der Waals surface area contributed by atoms with E-state index in [-0.39, 0.29) is 0 Å². The van der Waals surface area contributed by atoms with Crippen LogP contribution in [0.1, 0.15) is 19.3 Å². The Morgan fingerprint density at radius 1 is 1.00 bits per heavy atom. The van der Waals surface area contributed by atoms with E-state index in [1.165, 1.54) is 0 Å². The van der Waals surface area contributed by atoms with Crippen LogP contribution in [0.4, 0.5) is 0 Å². The maximum absolute atomic E-state index is 3.62. The van der Waals surface area contributed by atoms with Crippen LogP contribution in [0.3, 0.4) is 0 Å². The van der Waals surface area contributed by atoms with E-state index >= 15 is 0 Å². The molecule has 0 saturated carbocycles. The molecular weight excluding hydrogens is 120 g/mol. The summed E-state index contributed by atoms with van der Waals surface area (Å²) in [6, 6.07) is 0. The third-order valence-corrected chi connectivity index (χ3v) is 1.04. The number of rotatable bonds is 5. The second-order valence-corrected chi connectivity index (χ2v) is 1.97. The highest BCUT2D eigenvalue weighted by atomic mass is 13.8. The molecule has 0 aromatic rings. The zero-order chi connectivity index (χ0) is 7.66. The highest BCUT2D eigenvalue weighted by molar-refractivity contribution is 4.90. The number of hydrogen-bond acceptors (Lipinski definition) is 0. The molecule has 0 nitrogen and oxygen atoms in total. The molecule has 0 aliphatic carbocycles. The Morgan fingerprint density at radius 3 is 2.40 bits per heavy atom. The first-order valence-electron chi connectivity index (χ1n) is 3.53. The highest BCUT2D eigenvalue weighted by Crippen LogP contribution is 1.89. The lowest BCUT2D eigenvalue weighted by Crippen LogP contribution is -1.59. The third-order valence-electron chi connectivity index (χ3n) is 1.04. The standard InChI is InChI=1S/C10H14/c1-3-5-7-9-10-8-6-4-2/h3-4,7,10H,1-2,5-6,8H2. The van der Waals surface area contributed by atoms with Gasteiger partial charge in [-0.1, -0.05) is 12.2 Å². The summed E-state index contributed by atoms with van der Waals surface area (Å²) in [5, 5.41) is 0. The van der Waals surface area contributed by atoms with E-state index < -0.39 is 0 Å². The summed E-state index contributed by atoms with van der Waals surface area (Å²) in [5.74, 6) is 0. The average molecular weight is 134 g/mol. The minimum Gasteiger partial charge on any atom is -0.129 e. The summed E-state index contributed by atoms with van der Waals surface area (Å²) in [7, 11) is 0. The molecule has 0 aliphatic heterocycles. The van der Waals surface area contributed by atoms with Crippen LogP contribution < -0.4 is 0 Å². The van der Waals surface area contributed by atoms with E-state index in [9.17, 15) is 0 Å². The molecule has 0 amide bonds. The van der Waals surface area contributed by atoms with Gasteiger partial charge in [0.25, 0.3) is 0 Å². The Kier molecular flexibility index (Phi) is 7.20. The van der Waals surface area contributed by atoms with Gasteiger partial charge in [-0.3, -0.25) is 0 Å². The lowest BCUT2D eigenvalue weighted by Gasteiger charge is -1.78. The Hall–Kier alpha value is -1.00. The van der Waals surface area contributed by atoms with Crippen molar-refractivity contribution in [2.24, 2.45) is 0 Å². The van der Waals surface area contributed by atoms with E-state index in [0.29, 0.717) is 0 Å². The predicted molar refractivity (Wildman–Crippen MR) is 46.9 cm³/mol. The fraction of sp³-hybridized carbons (Fsp3) is 0.300.